The number of rotatable bonds is 12. The van der Waals surface area contributed by atoms with E-state index in [0.29, 0.717) is 0 Å². The van der Waals surface area contributed by atoms with Crippen LogP contribution >= 0.6 is 0 Å². The standard InChI is InChI=1S/C8H9N11O9/c20-17(21)26-1-8(2-27-18(22)23,3-28-19(24)25)11-6-12-14-7(15-13-6)16-5-9-4-10-16/h4-5H,1-3H2,(H,11,12,13). The molecule has 150 valence electrons. The molecule has 2 aromatic rings. The zero-order valence-electron chi connectivity index (χ0n) is 13.4. The molecule has 0 spiro atoms. The van der Waals surface area contributed by atoms with Gasteiger partial charge in [-0.3, -0.25) is 0 Å². The topological polar surface area (TPSA) is 251 Å². The molecule has 2 rings (SSSR count). The van der Waals surface area contributed by atoms with Crippen LogP contribution in [-0.4, -0.2) is 75.8 Å². The quantitative estimate of drug-likeness (QED) is 0.287. The Morgan fingerprint density at radius 3 is 1.82 bits per heavy atom. The third-order valence-corrected chi connectivity index (χ3v) is 2.81. The predicted octanol–water partition coefficient (Wildman–Crippen LogP) is -2.38. The molecule has 0 bridgehead atoms. The maximum absolute atomic E-state index is 10.5. The molecular formula is C8H9N11O9. The molecule has 0 aromatic carbocycles. The van der Waals surface area contributed by atoms with Gasteiger partial charge in [-0.1, -0.05) is 0 Å². The van der Waals surface area contributed by atoms with E-state index in [9.17, 15) is 30.3 Å². The third-order valence-electron chi connectivity index (χ3n) is 2.81. The second-order valence-electron chi connectivity index (χ2n) is 4.76. The highest BCUT2D eigenvalue weighted by Gasteiger charge is 2.36. The Morgan fingerprint density at radius 2 is 1.43 bits per heavy atom. The van der Waals surface area contributed by atoms with Crippen LogP contribution in [0.25, 0.3) is 5.95 Å². The summed E-state index contributed by atoms with van der Waals surface area (Å²) >= 11 is 0. The van der Waals surface area contributed by atoms with E-state index in [-0.39, 0.29) is 5.95 Å². The summed E-state index contributed by atoms with van der Waals surface area (Å²) in [4.78, 5) is 47.6. The van der Waals surface area contributed by atoms with Gasteiger partial charge in [0.15, 0.2) is 0 Å². The largest absolute Gasteiger partial charge is 0.340 e. The van der Waals surface area contributed by atoms with Crippen LogP contribution in [-0.2, 0) is 14.5 Å². The van der Waals surface area contributed by atoms with Gasteiger partial charge in [-0.2, -0.15) is 9.78 Å². The summed E-state index contributed by atoms with van der Waals surface area (Å²) in [5, 5.41) is 48.4. The lowest BCUT2D eigenvalue weighted by Gasteiger charge is -2.31. The van der Waals surface area contributed by atoms with Gasteiger partial charge in [0.05, 0.1) is 0 Å². The molecule has 0 atom stereocenters. The molecule has 20 nitrogen and oxygen atoms in total. The van der Waals surface area contributed by atoms with Crippen molar-refractivity contribution in [3.05, 3.63) is 43.0 Å². The maximum Gasteiger partial charge on any atom is 0.294 e. The number of hydrogen-bond acceptors (Lipinski definition) is 16. The Bertz CT molecular complexity index is 766. The van der Waals surface area contributed by atoms with Crippen LogP contribution in [0.4, 0.5) is 5.95 Å². The molecule has 0 aliphatic carbocycles. The highest BCUT2D eigenvalue weighted by atomic mass is 17.0. The van der Waals surface area contributed by atoms with Crippen molar-refractivity contribution in [1.82, 2.24) is 35.2 Å². The molecule has 0 radical (unpaired) electrons. The monoisotopic (exact) mass is 403 g/mol. The number of hydrogen-bond donors (Lipinski definition) is 1. The average molecular weight is 403 g/mol. The van der Waals surface area contributed by atoms with E-state index in [1.807, 2.05) is 0 Å². The second kappa shape index (κ2) is 8.72. The fourth-order valence-corrected chi connectivity index (χ4v) is 1.68. The summed E-state index contributed by atoms with van der Waals surface area (Å²) in [6.45, 7) is -2.89. The van der Waals surface area contributed by atoms with E-state index in [1.54, 1.807) is 0 Å². The average Bonchev–Trinajstić information content (AvgIpc) is 3.18. The molecule has 0 saturated carbocycles. The van der Waals surface area contributed by atoms with Gasteiger partial charge in [-0.15, -0.1) is 50.7 Å². The lowest BCUT2D eigenvalue weighted by atomic mass is 10.0. The predicted molar refractivity (Wildman–Crippen MR) is 77.7 cm³/mol. The van der Waals surface area contributed by atoms with Crippen molar-refractivity contribution in [1.29, 1.82) is 0 Å². The maximum atomic E-state index is 10.5. The molecule has 1 N–H and O–H groups in total. The molecular weight excluding hydrogens is 394 g/mol. The number of nitrogens with one attached hydrogen (secondary N) is 1. The zero-order valence-corrected chi connectivity index (χ0v) is 13.4. The number of aromatic nitrogens is 7. The summed E-state index contributed by atoms with van der Waals surface area (Å²) in [6.07, 6.45) is 2.44. The summed E-state index contributed by atoms with van der Waals surface area (Å²) < 4.78 is 1.11. The first kappa shape index (κ1) is 19.8. The van der Waals surface area contributed by atoms with Crippen LogP contribution in [0.3, 0.4) is 0 Å². The Morgan fingerprint density at radius 1 is 0.929 bits per heavy atom. The first-order chi connectivity index (χ1) is 13.3. The molecule has 20 heteroatoms. The third kappa shape index (κ3) is 5.78. The summed E-state index contributed by atoms with van der Waals surface area (Å²) in [5.74, 6) is -0.520. The van der Waals surface area contributed by atoms with E-state index in [4.69, 9.17) is 0 Å². The van der Waals surface area contributed by atoms with Gasteiger partial charge < -0.3 is 19.8 Å². The fourth-order valence-electron chi connectivity index (χ4n) is 1.68. The van der Waals surface area contributed by atoms with Crippen LogP contribution in [0.2, 0.25) is 0 Å². The van der Waals surface area contributed by atoms with Crippen molar-refractivity contribution in [2.45, 2.75) is 5.54 Å². The molecule has 0 fully saturated rings. The van der Waals surface area contributed by atoms with Crippen molar-refractivity contribution in [3.8, 4) is 5.95 Å². The molecule has 2 aromatic heterocycles. The fraction of sp³-hybridized carbons (Fsp3) is 0.500. The second-order valence-corrected chi connectivity index (χ2v) is 4.76. The number of anilines is 1. The first-order valence-electron chi connectivity index (χ1n) is 6.82. The highest BCUT2D eigenvalue weighted by Crippen LogP contribution is 2.15. The van der Waals surface area contributed by atoms with Gasteiger partial charge >= 0.3 is 0 Å². The normalized spacial score (nSPS) is 10.7. The minimum atomic E-state index is -2.02. The molecule has 0 unspecified atom stereocenters. The Kier molecular flexibility index (Phi) is 6.17. The molecule has 2 heterocycles. The van der Waals surface area contributed by atoms with Gasteiger partial charge in [-0.25, -0.2) is 4.98 Å². The smallest absolute Gasteiger partial charge is 0.294 e. The van der Waals surface area contributed by atoms with Crippen molar-refractivity contribution in [3.63, 3.8) is 0 Å². The van der Waals surface area contributed by atoms with Crippen molar-refractivity contribution in [2.24, 2.45) is 0 Å². The number of nitrogens with zero attached hydrogens (tertiary/aromatic N) is 10. The molecule has 0 aliphatic heterocycles. The highest BCUT2D eigenvalue weighted by molar-refractivity contribution is 5.27. The van der Waals surface area contributed by atoms with Gasteiger partial charge in [-0.05, 0) is 0 Å². The molecule has 28 heavy (non-hydrogen) atoms. The minimum absolute atomic E-state index is 0.0988. The molecule has 0 aliphatic rings. The van der Waals surface area contributed by atoms with Gasteiger partial charge in [0.25, 0.3) is 27.2 Å². The van der Waals surface area contributed by atoms with E-state index in [1.165, 1.54) is 12.7 Å². The van der Waals surface area contributed by atoms with Crippen LogP contribution in [0.15, 0.2) is 12.7 Å². The van der Waals surface area contributed by atoms with Gasteiger partial charge in [0.2, 0.25) is 0 Å². The summed E-state index contributed by atoms with van der Waals surface area (Å²) in [5.41, 5.74) is -2.02. The van der Waals surface area contributed by atoms with E-state index < -0.39 is 46.6 Å². The Labute approximate surface area is 151 Å². The molecule has 0 amide bonds. The van der Waals surface area contributed by atoms with Crippen LogP contribution in [0.1, 0.15) is 0 Å². The van der Waals surface area contributed by atoms with Crippen molar-refractivity contribution >= 4 is 5.95 Å². The lowest BCUT2D eigenvalue weighted by molar-refractivity contribution is -0.777. The molecule has 0 saturated heterocycles. The van der Waals surface area contributed by atoms with Gasteiger partial charge in [0.1, 0.15) is 38.0 Å². The van der Waals surface area contributed by atoms with Crippen LogP contribution in [0, 0.1) is 30.3 Å². The Balaban J connectivity index is 2.24. The lowest BCUT2D eigenvalue weighted by Crippen LogP contribution is -2.53. The zero-order chi connectivity index (χ0) is 20.6. The van der Waals surface area contributed by atoms with Crippen LogP contribution < -0.4 is 5.32 Å². The van der Waals surface area contributed by atoms with Gasteiger partial charge in [0, 0.05) is 0 Å². The minimum Gasteiger partial charge on any atom is -0.340 e. The first-order valence-corrected chi connectivity index (χ1v) is 6.82. The summed E-state index contributed by atoms with van der Waals surface area (Å²) in [7, 11) is 0. The Hall–Kier alpha value is -4.52. The van der Waals surface area contributed by atoms with E-state index in [0.717, 1.165) is 4.68 Å². The van der Waals surface area contributed by atoms with Crippen molar-refractivity contribution in [2.75, 3.05) is 25.1 Å². The van der Waals surface area contributed by atoms with Crippen LogP contribution in [0.5, 0.6) is 0 Å². The SMILES string of the molecule is O=[N+]([O-])OCC(CO[N+](=O)[O-])(CO[N+](=O)[O-])Nc1nnc(-n2cncn2)nn1. The van der Waals surface area contributed by atoms with E-state index >= 15 is 0 Å². The summed E-state index contributed by atoms with van der Waals surface area (Å²) in [6, 6.07) is 0. The van der Waals surface area contributed by atoms with E-state index in [2.05, 4.69) is 50.3 Å². The van der Waals surface area contributed by atoms with Crippen molar-refractivity contribution < 1.29 is 29.8 Å².